The van der Waals surface area contributed by atoms with Crippen LogP contribution in [0.2, 0.25) is 0 Å². The lowest BCUT2D eigenvalue weighted by Gasteiger charge is -2.21. The van der Waals surface area contributed by atoms with E-state index in [4.69, 9.17) is 4.74 Å². The summed E-state index contributed by atoms with van der Waals surface area (Å²) < 4.78 is 6.49. The van der Waals surface area contributed by atoms with E-state index < -0.39 is 6.04 Å². The van der Waals surface area contributed by atoms with Gasteiger partial charge in [0.1, 0.15) is 5.75 Å². The number of carbonyl (C=O) groups excluding carboxylic acids is 1. The number of hydrogen-bond acceptors (Lipinski definition) is 4. The second-order valence-electron chi connectivity index (χ2n) is 7.10. The molecular formula is C23H22BrN3O3. The second kappa shape index (κ2) is 8.44. The number of ether oxygens (including phenoxy) is 1. The number of nitrogens with zero attached hydrogens (tertiary/aromatic N) is 2. The van der Waals surface area contributed by atoms with Crippen LogP contribution in [0.15, 0.2) is 62.9 Å². The van der Waals surface area contributed by atoms with Crippen molar-refractivity contribution in [1.29, 1.82) is 0 Å². The molecule has 7 heteroatoms. The third kappa shape index (κ3) is 3.89. The number of nitrogens with one attached hydrogen (secondary N) is 1. The third-order valence-electron chi connectivity index (χ3n) is 5.16. The summed E-state index contributed by atoms with van der Waals surface area (Å²) in [5.74, 6) is 0.594. The molecule has 0 saturated carbocycles. The van der Waals surface area contributed by atoms with Gasteiger partial charge in [-0.3, -0.25) is 9.59 Å². The fraction of sp³-hybridized carbons (Fsp3) is 0.261. The van der Waals surface area contributed by atoms with Crippen molar-refractivity contribution in [2.45, 2.75) is 32.7 Å². The van der Waals surface area contributed by atoms with Crippen LogP contribution in [0.3, 0.4) is 0 Å². The predicted molar refractivity (Wildman–Crippen MR) is 121 cm³/mol. The topological polar surface area (TPSA) is 74.8 Å². The number of hydrazone groups is 1. The number of H-pyrrole nitrogens is 1. The van der Waals surface area contributed by atoms with Crippen LogP contribution in [0.25, 0.3) is 10.9 Å². The molecule has 1 atom stereocenters. The molecule has 30 heavy (non-hydrogen) atoms. The number of fused-ring (bicyclic) bond motifs is 1. The standard InChI is InChI=1S/C23H22BrN3O3/c1-3-22(28)27-21(13-20(26-27)14-5-8-16(24)9-6-14)18-11-15-7-10-17(30-4-2)12-19(15)25-23(18)29/h5-12,21H,3-4,13H2,1-2H3,(H,25,29). The highest BCUT2D eigenvalue weighted by Gasteiger charge is 2.34. The average Bonchev–Trinajstić information content (AvgIpc) is 3.18. The van der Waals surface area contributed by atoms with Crippen molar-refractivity contribution in [3.8, 4) is 5.75 Å². The zero-order chi connectivity index (χ0) is 21.3. The first kappa shape index (κ1) is 20.3. The summed E-state index contributed by atoms with van der Waals surface area (Å²) in [6.45, 7) is 4.27. The van der Waals surface area contributed by atoms with Gasteiger partial charge in [0.05, 0.1) is 23.9 Å². The molecule has 0 bridgehead atoms. The molecule has 0 radical (unpaired) electrons. The van der Waals surface area contributed by atoms with E-state index in [2.05, 4.69) is 26.0 Å². The van der Waals surface area contributed by atoms with E-state index in [0.717, 1.165) is 21.1 Å². The number of hydrogen-bond donors (Lipinski definition) is 1. The number of aromatic amines is 1. The van der Waals surface area contributed by atoms with Gasteiger partial charge in [-0.05, 0) is 48.2 Å². The smallest absolute Gasteiger partial charge is 0.253 e. The Morgan fingerprint density at radius 3 is 2.67 bits per heavy atom. The van der Waals surface area contributed by atoms with E-state index in [1.807, 2.05) is 55.5 Å². The van der Waals surface area contributed by atoms with Crippen molar-refractivity contribution in [2.75, 3.05) is 6.61 Å². The maximum absolute atomic E-state index is 12.9. The zero-order valence-corrected chi connectivity index (χ0v) is 18.4. The Labute approximate surface area is 182 Å². The Kier molecular flexibility index (Phi) is 5.72. The van der Waals surface area contributed by atoms with Crippen LogP contribution in [0.1, 0.15) is 43.9 Å². The molecule has 2 heterocycles. The summed E-state index contributed by atoms with van der Waals surface area (Å²) in [5.41, 5.74) is 2.75. The second-order valence-corrected chi connectivity index (χ2v) is 8.02. The van der Waals surface area contributed by atoms with Crippen molar-refractivity contribution in [3.05, 3.63) is 74.5 Å². The van der Waals surface area contributed by atoms with E-state index in [9.17, 15) is 9.59 Å². The first-order valence-electron chi connectivity index (χ1n) is 9.95. The van der Waals surface area contributed by atoms with Gasteiger partial charge in [-0.2, -0.15) is 5.10 Å². The zero-order valence-electron chi connectivity index (χ0n) is 16.8. The van der Waals surface area contributed by atoms with Gasteiger partial charge in [-0.1, -0.05) is 35.0 Å². The fourth-order valence-corrected chi connectivity index (χ4v) is 3.93. The van der Waals surface area contributed by atoms with Crippen LogP contribution in [0.4, 0.5) is 0 Å². The molecule has 0 saturated heterocycles. The summed E-state index contributed by atoms with van der Waals surface area (Å²) in [5, 5.41) is 6.93. The monoisotopic (exact) mass is 467 g/mol. The van der Waals surface area contributed by atoms with E-state index in [0.29, 0.717) is 36.3 Å². The molecule has 3 aromatic rings. The summed E-state index contributed by atoms with van der Waals surface area (Å²) >= 11 is 3.44. The third-order valence-corrected chi connectivity index (χ3v) is 5.69. The van der Waals surface area contributed by atoms with Crippen LogP contribution < -0.4 is 10.3 Å². The predicted octanol–water partition coefficient (Wildman–Crippen LogP) is 4.78. The van der Waals surface area contributed by atoms with Gasteiger partial charge in [-0.25, -0.2) is 5.01 Å². The lowest BCUT2D eigenvalue weighted by Crippen LogP contribution is -2.30. The first-order valence-corrected chi connectivity index (χ1v) is 10.7. The highest BCUT2D eigenvalue weighted by molar-refractivity contribution is 9.10. The minimum Gasteiger partial charge on any atom is -0.494 e. The molecule has 2 aromatic carbocycles. The number of rotatable bonds is 5. The van der Waals surface area contributed by atoms with Gasteiger partial charge in [-0.15, -0.1) is 0 Å². The van der Waals surface area contributed by atoms with Crippen LogP contribution >= 0.6 is 15.9 Å². The minimum absolute atomic E-state index is 0.113. The van der Waals surface area contributed by atoms with Gasteiger partial charge in [0.15, 0.2) is 0 Å². The largest absolute Gasteiger partial charge is 0.494 e. The van der Waals surface area contributed by atoms with Crippen molar-refractivity contribution in [2.24, 2.45) is 5.10 Å². The summed E-state index contributed by atoms with van der Waals surface area (Å²) in [6.07, 6.45) is 0.801. The highest BCUT2D eigenvalue weighted by Crippen LogP contribution is 2.33. The lowest BCUT2D eigenvalue weighted by molar-refractivity contribution is -0.132. The number of halogens is 1. The summed E-state index contributed by atoms with van der Waals surface area (Å²) in [4.78, 5) is 28.5. The van der Waals surface area contributed by atoms with Crippen LogP contribution in [0.5, 0.6) is 5.75 Å². The van der Waals surface area contributed by atoms with Gasteiger partial charge in [0.2, 0.25) is 5.91 Å². The Morgan fingerprint density at radius 2 is 1.97 bits per heavy atom. The molecule has 6 nitrogen and oxygen atoms in total. The quantitative estimate of drug-likeness (QED) is 0.586. The molecule has 0 fully saturated rings. The van der Waals surface area contributed by atoms with Crippen LogP contribution in [0, 0.1) is 0 Å². The molecule has 1 amide bonds. The van der Waals surface area contributed by atoms with E-state index >= 15 is 0 Å². The normalized spacial score (nSPS) is 16.0. The molecular weight excluding hydrogens is 446 g/mol. The van der Waals surface area contributed by atoms with E-state index in [1.54, 1.807) is 6.92 Å². The van der Waals surface area contributed by atoms with Gasteiger partial charge >= 0.3 is 0 Å². The van der Waals surface area contributed by atoms with Gasteiger partial charge < -0.3 is 9.72 Å². The minimum atomic E-state index is -0.434. The van der Waals surface area contributed by atoms with E-state index in [1.165, 1.54) is 5.01 Å². The Bertz CT molecular complexity index is 1180. The number of aromatic nitrogens is 1. The van der Waals surface area contributed by atoms with Crippen LogP contribution in [-0.4, -0.2) is 28.2 Å². The maximum atomic E-state index is 12.9. The molecule has 1 aromatic heterocycles. The fourth-order valence-electron chi connectivity index (χ4n) is 3.66. The Balaban J connectivity index is 1.74. The number of benzene rings is 2. The molecule has 154 valence electrons. The number of carbonyl (C=O) groups is 1. The molecule has 1 aliphatic heterocycles. The molecule has 1 unspecified atom stereocenters. The van der Waals surface area contributed by atoms with Crippen molar-refractivity contribution >= 4 is 38.5 Å². The summed E-state index contributed by atoms with van der Waals surface area (Å²) in [6, 6.07) is 14.8. The van der Waals surface area contributed by atoms with Crippen molar-refractivity contribution in [1.82, 2.24) is 9.99 Å². The number of amides is 1. The van der Waals surface area contributed by atoms with Crippen molar-refractivity contribution in [3.63, 3.8) is 0 Å². The van der Waals surface area contributed by atoms with Gasteiger partial charge in [0.25, 0.3) is 5.56 Å². The van der Waals surface area contributed by atoms with Crippen LogP contribution in [-0.2, 0) is 4.79 Å². The average molecular weight is 468 g/mol. The van der Waals surface area contributed by atoms with E-state index in [-0.39, 0.29) is 11.5 Å². The molecule has 0 spiro atoms. The first-order chi connectivity index (χ1) is 14.5. The Hall–Kier alpha value is -2.93. The molecule has 0 aliphatic carbocycles. The van der Waals surface area contributed by atoms with Crippen molar-refractivity contribution < 1.29 is 9.53 Å². The highest BCUT2D eigenvalue weighted by atomic mass is 79.9. The number of pyridine rings is 1. The summed E-state index contributed by atoms with van der Waals surface area (Å²) in [7, 11) is 0. The molecule has 1 N–H and O–H groups in total. The van der Waals surface area contributed by atoms with Gasteiger partial charge in [0, 0.05) is 28.9 Å². The lowest BCUT2D eigenvalue weighted by atomic mass is 9.98. The molecule has 4 rings (SSSR count). The molecule has 1 aliphatic rings. The Morgan fingerprint density at radius 1 is 1.20 bits per heavy atom. The maximum Gasteiger partial charge on any atom is 0.253 e. The SMILES string of the molecule is CCOc1ccc2cc(C3CC(c4ccc(Br)cc4)=NN3C(=O)CC)c(=O)[nH]c2c1.